The Balaban J connectivity index is 2.81. The number of nitrogens with one attached hydrogen (secondary N) is 1. The zero-order valence-corrected chi connectivity index (χ0v) is 12.7. The maximum absolute atomic E-state index is 12.4. The van der Waals surface area contributed by atoms with E-state index in [1.807, 2.05) is 25.1 Å². The maximum Gasteiger partial charge on any atom is 0.356 e. The van der Waals surface area contributed by atoms with E-state index in [1.54, 1.807) is 4.57 Å². The Kier molecular flexibility index (Phi) is 4.70. The van der Waals surface area contributed by atoms with E-state index in [0.29, 0.717) is 12.2 Å². The summed E-state index contributed by atoms with van der Waals surface area (Å²) in [7, 11) is 0. The highest BCUT2D eigenvalue weighted by Crippen LogP contribution is 2.21. The number of hydrogen-bond acceptors (Lipinski definition) is 5. The molecule has 2 rings (SSSR count). The number of nitrogen functional groups attached to an aromatic ring is 1. The van der Waals surface area contributed by atoms with Crippen LogP contribution in [0.2, 0.25) is 0 Å². The van der Waals surface area contributed by atoms with E-state index in [0.717, 1.165) is 29.7 Å². The summed E-state index contributed by atoms with van der Waals surface area (Å²) < 4.78 is 1.61. The Bertz CT molecular complexity index is 671. The van der Waals surface area contributed by atoms with E-state index in [1.165, 1.54) is 0 Å². The Morgan fingerprint density at radius 2 is 1.71 bits per heavy atom. The topological polar surface area (TPSA) is 85.8 Å². The van der Waals surface area contributed by atoms with E-state index in [-0.39, 0.29) is 11.6 Å². The summed E-state index contributed by atoms with van der Waals surface area (Å²) in [4.78, 5) is 20.6. The highest BCUT2D eigenvalue weighted by atomic mass is 16.1. The Morgan fingerprint density at radius 3 is 2.19 bits per heavy atom. The smallest absolute Gasteiger partial charge is 0.292 e. The number of nitrogens with zero attached hydrogens (tertiary/aromatic N) is 3. The summed E-state index contributed by atoms with van der Waals surface area (Å²) in [5.41, 5.74) is 5.12. The normalized spacial score (nSPS) is 10.7. The van der Waals surface area contributed by atoms with Crippen molar-refractivity contribution >= 4 is 5.95 Å². The molecule has 0 saturated heterocycles. The number of hydrazine groups is 1. The molecule has 0 radical (unpaired) electrons. The highest BCUT2D eigenvalue weighted by molar-refractivity contribution is 5.49. The first-order chi connectivity index (χ1) is 10.2. The standard InChI is InChI=1S/C15H21N5O/c1-4-10-8-7-9-11(5-2)13(10)20-12(6-3)17-14(19-16)18-15(20)21/h7-9H,4-6,16H2,1-3H3,(H,18,19,21). The van der Waals surface area contributed by atoms with Gasteiger partial charge in [0.1, 0.15) is 5.82 Å². The first-order valence-electron chi connectivity index (χ1n) is 7.23. The number of para-hydroxylation sites is 1. The largest absolute Gasteiger partial charge is 0.356 e. The average molecular weight is 287 g/mol. The molecule has 21 heavy (non-hydrogen) atoms. The van der Waals surface area contributed by atoms with E-state index in [4.69, 9.17) is 5.84 Å². The number of aryl methyl sites for hydroxylation is 3. The molecule has 0 amide bonds. The lowest BCUT2D eigenvalue weighted by atomic mass is 10.0. The van der Waals surface area contributed by atoms with Crippen LogP contribution in [-0.2, 0) is 19.3 Å². The van der Waals surface area contributed by atoms with Crippen molar-refractivity contribution in [2.75, 3.05) is 5.43 Å². The van der Waals surface area contributed by atoms with E-state index in [9.17, 15) is 4.79 Å². The van der Waals surface area contributed by atoms with Gasteiger partial charge in [0.2, 0.25) is 5.95 Å². The molecule has 1 heterocycles. The van der Waals surface area contributed by atoms with Gasteiger partial charge in [0.05, 0.1) is 5.69 Å². The molecule has 0 fully saturated rings. The van der Waals surface area contributed by atoms with Gasteiger partial charge in [-0.05, 0) is 24.0 Å². The summed E-state index contributed by atoms with van der Waals surface area (Å²) in [6.45, 7) is 6.11. The van der Waals surface area contributed by atoms with Crippen LogP contribution >= 0.6 is 0 Å². The van der Waals surface area contributed by atoms with Gasteiger partial charge in [0, 0.05) is 6.42 Å². The molecule has 0 unspecified atom stereocenters. The molecule has 0 aliphatic rings. The number of rotatable bonds is 5. The van der Waals surface area contributed by atoms with Crippen molar-refractivity contribution in [2.24, 2.45) is 5.84 Å². The molecular formula is C15H21N5O. The molecule has 0 spiro atoms. The molecular weight excluding hydrogens is 266 g/mol. The lowest BCUT2D eigenvalue weighted by molar-refractivity contribution is 0.756. The third kappa shape index (κ3) is 2.80. The lowest BCUT2D eigenvalue weighted by Gasteiger charge is -2.17. The van der Waals surface area contributed by atoms with Gasteiger partial charge < -0.3 is 0 Å². The van der Waals surface area contributed by atoms with Gasteiger partial charge in [0.15, 0.2) is 0 Å². The highest BCUT2D eigenvalue weighted by Gasteiger charge is 2.15. The van der Waals surface area contributed by atoms with Gasteiger partial charge in [-0.2, -0.15) is 9.97 Å². The maximum atomic E-state index is 12.4. The van der Waals surface area contributed by atoms with Crippen molar-refractivity contribution in [1.82, 2.24) is 14.5 Å². The minimum absolute atomic E-state index is 0.153. The molecule has 3 N–H and O–H groups in total. The quantitative estimate of drug-likeness (QED) is 0.644. The van der Waals surface area contributed by atoms with Gasteiger partial charge in [-0.3, -0.25) is 5.43 Å². The lowest BCUT2D eigenvalue weighted by Crippen LogP contribution is -2.30. The molecule has 0 aliphatic heterocycles. The van der Waals surface area contributed by atoms with Gasteiger partial charge >= 0.3 is 5.69 Å². The number of anilines is 1. The first kappa shape index (κ1) is 15.2. The van der Waals surface area contributed by atoms with Gasteiger partial charge in [-0.1, -0.05) is 39.0 Å². The average Bonchev–Trinajstić information content (AvgIpc) is 2.53. The van der Waals surface area contributed by atoms with E-state index < -0.39 is 0 Å². The fourth-order valence-corrected chi connectivity index (χ4v) is 2.48. The molecule has 0 bridgehead atoms. The Hall–Kier alpha value is -2.21. The van der Waals surface area contributed by atoms with Crippen LogP contribution in [-0.4, -0.2) is 14.5 Å². The number of nitrogens with two attached hydrogens (primary N) is 1. The van der Waals surface area contributed by atoms with Gasteiger partial charge in [-0.25, -0.2) is 15.2 Å². The fraction of sp³-hybridized carbons (Fsp3) is 0.400. The SMILES string of the molecule is CCc1cccc(CC)c1-n1c(CC)nc(NN)nc1=O. The van der Waals surface area contributed by atoms with Crippen LogP contribution in [0.3, 0.4) is 0 Å². The minimum Gasteiger partial charge on any atom is -0.292 e. The van der Waals surface area contributed by atoms with Crippen molar-refractivity contribution in [3.05, 3.63) is 45.6 Å². The molecule has 6 nitrogen and oxygen atoms in total. The molecule has 1 aromatic heterocycles. The van der Waals surface area contributed by atoms with Crippen molar-refractivity contribution in [1.29, 1.82) is 0 Å². The molecule has 0 aliphatic carbocycles. The van der Waals surface area contributed by atoms with Crippen LogP contribution in [0, 0.1) is 0 Å². The monoisotopic (exact) mass is 287 g/mol. The molecule has 0 atom stereocenters. The van der Waals surface area contributed by atoms with Gasteiger partial charge in [-0.15, -0.1) is 0 Å². The van der Waals surface area contributed by atoms with E-state index in [2.05, 4.69) is 29.2 Å². The number of aromatic nitrogens is 3. The van der Waals surface area contributed by atoms with Gasteiger partial charge in [0.25, 0.3) is 0 Å². The second kappa shape index (κ2) is 6.49. The summed E-state index contributed by atoms with van der Waals surface area (Å²) >= 11 is 0. The van der Waals surface area contributed by atoms with E-state index >= 15 is 0 Å². The predicted octanol–water partition coefficient (Wildman–Crippen LogP) is 1.60. The van der Waals surface area contributed by atoms with Crippen LogP contribution in [0.15, 0.2) is 23.0 Å². The Labute approximate surface area is 124 Å². The van der Waals surface area contributed by atoms with Crippen molar-refractivity contribution < 1.29 is 0 Å². The number of benzene rings is 1. The van der Waals surface area contributed by atoms with Crippen LogP contribution < -0.4 is 17.0 Å². The third-order valence-corrected chi connectivity index (χ3v) is 3.52. The fourth-order valence-electron chi connectivity index (χ4n) is 2.48. The Morgan fingerprint density at radius 1 is 1.10 bits per heavy atom. The van der Waals surface area contributed by atoms with Crippen molar-refractivity contribution in [3.63, 3.8) is 0 Å². The summed E-state index contributed by atoms with van der Waals surface area (Å²) in [5.74, 6) is 6.12. The molecule has 112 valence electrons. The number of hydrogen-bond donors (Lipinski definition) is 2. The van der Waals surface area contributed by atoms with Crippen LogP contribution in [0.1, 0.15) is 37.7 Å². The second-order valence-electron chi connectivity index (χ2n) is 4.71. The molecule has 1 aromatic carbocycles. The zero-order chi connectivity index (χ0) is 15.4. The van der Waals surface area contributed by atoms with Crippen molar-refractivity contribution in [2.45, 2.75) is 40.0 Å². The van der Waals surface area contributed by atoms with Crippen LogP contribution in [0.5, 0.6) is 0 Å². The zero-order valence-electron chi connectivity index (χ0n) is 12.7. The third-order valence-electron chi connectivity index (χ3n) is 3.52. The minimum atomic E-state index is -0.356. The predicted molar refractivity (Wildman–Crippen MR) is 83.6 cm³/mol. The summed E-state index contributed by atoms with van der Waals surface area (Å²) in [6, 6.07) is 6.10. The second-order valence-corrected chi connectivity index (χ2v) is 4.71. The van der Waals surface area contributed by atoms with Crippen LogP contribution in [0.25, 0.3) is 5.69 Å². The summed E-state index contributed by atoms with van der Waals surface area (Å²) in [6.07, 6.45) is 2.30. The molecule has 2 aromatic rings. The summed E-state index contributed by atoms with van der Waals surface area (Å²) in [5, 5.41) is 0. The van der Waals surface area contributed by atoms with Crippen LogP contribution in [0.4, 0.5) is 5.95 Å². The molecule has 0 saturated carbocycles. The van der Waals surface area contributed by atoms with Crippen molar-refractivity contribution in [3.8, 4) is 5.69 Å². The first-order valence-corrected chi connectivity index (χ1v) is 7.23. The molecule has 6 heteroatoms.